The Labute approximate surface area is 160 Å². The second kappa shape index (κ2) is 8.01. The Balaban J connectivity index is 2.60. The highest BCUT2D eigenvalue weighted by molar-refractivity contribution is 6.19. The SMILES string of the molecule is Cc1cccc(C(=O)O[C@@](C(=O)O)(C(=O)c2cccc(C)c2)[C@H](O)C(=O)O)c1. The van der Waals surface area contributed by atoms with Gasteiger partial charge in [0.05, 0.1) is 5.56 Å². The molecular weight excluding hydrogens is 368 g/mol. The molecule has 3 N–H and O–H groups in total. The van der Waals surface area contributed by atoms with Crippen LogP contribution in [0.3, 0.4) is 0 Å². The average molecular weight is 386 g/mol. The van der Waals surface area contributed by atoms with Crippen LogP contribution in [0.25, 0.3) is 0 Å². The van der Waals surface area contributed by atoms with Gasteiger partial charge < -0.3 is 20.1 Å². The van der Waals surface area contributed by atoms with Crippen molar-refractivity contribution in [3.63, 3.8) is 0 Å². The zero-order valence-electron chi connectivity index (χ0n) is 15.1. The summed E-state index contributed by atoms with van der Waals surface area (Å²) in [6, 6.07) is 11.5. The predicted octanol–water partition coefficient (Wildman–Crippen LogP) is 1.61. The fourth-order valence-electron chi connectivity index (χ4n) is 2.64. The maximum Gasteiger partial charge on any atom is 0.360 e. The molecular formula is C20H18O8. The summed E-state index contributed by atoms with van der Waals surface area (Å²) in [5, 5.41) is 28.9. The molecule has 0 aliphatic carbocycles. The number of carbonyl (C=O) groups excluding carboxylic acids is 2. The summed E-state index contributed by atoms with van der Waals surface area (Å²) in [4.78, 5) is 48.8. The number of carboxylic acid groups (broad SMARTS) is 2. The van der Waals surface area contributed by atoms with Crippen molar-refractivity contribution in [3.05, 3.63) is 70.8 Å². The summed E-state index contributed by atoms with van der Waals surface area (Å²) in [6.07, 6.45) is -2.83. The number of hydrogen-bond donors (Lipinski definition) is 3. The Bertz CT molecular complexity index is 949. The molecule has 28 heavy (non-hydrogen) atoms. The zero-order valence-corrected chi connectivity index (χ0v) is 15.1. The van der Waals surface area contributed by atoms with Crippen LogP contribution in [0.15, 0.2) is 48.5 Å². The Kier molecular flexibility index (Phi) is 5.95. The molecule has 8 heteroatoms. The Morgan fingerprint density at radius 3 is 1.86 bits per heavy atom. The number of aliphatic hydroxyl groups excluding tert-OH is 1. The van der Waals surface area contributed by atoms with Crippen molar-refractivity contribution in [2.45, 2.75) is 25.6 Å². The molecule has 0 heterocycles. The first-order valence-electron chi connectivity index (χ1n) is 8.15. The lowest BCUT2D eigenvalue weighted by molar-refractivity contribution is -0.176. The second-order valence-corrected chi connectivity index (χ2v) is 6.24. The van der Waals surface area contributed by atoms with Gasteiger partial charge in [-0.05, 0) is 32.0 Å². The van der Waals surface area contributed by atoms with Gasteiger partial charge in [-0.1, -0.05) is 41.5 Å². The summed E-state index contributed by atoms with van der Waals surface area (Å²) in [6.45, 7) is 3.30. The number of aliphatic carboxylic acids is 2. The molecule has 0 amide bonds. The molecule has 146 valence electrons. The maximum absolute atomic E-state index is 13.0. The van der Waals surface area contributed by atoms with E-state index in [1.807, 2.05) is 0 Å². The Morgan fingerprint density at radius 1 is 0.893 bits per heavy atom. The molecule has 0 fully saturated rings. The highest BCUT2D eigenvalue weighted by atomic mass is 16.6. The van der Waals surface area contributed by atoms with E-state index in [0.717, 1.165) is 0 Å². The maximum atomic E-state index is 13.0. The van der Waals surface area contributed by atoms with Gasteiger partial charge in [-0.3, -0.25) is 4.79 Å². The highest BCUT2D eigenvalue weighted by Crippen LogP contribution is 2.26. The normalized spacial score (nSPS) is 13.8. The molecule has 0 bridgehead atoms. The van der Waals surface area contributed by atoms with Crippen molar-refractivity contribution in [3.8, 4) is 0 Å². The third-order valence-corrected chi connectivity index (χ3v) is 4.06. The minimum atomic E-state index is -3.36. The van der Waals surface area contributed by atoms with E-state index in [4.69, 9.17) is 4.74 Å². The standard InChI is InChI=1S/C20H18O8/c1-11-5-3-7-13(9-11)15(21)20(19(26)27,16(22)17(23)24)28-18(25)14-8-4-6-12(2)10-14/h3-10,16,22H,1-2H3,(H,23,24)(H,26,27)/t16-,20+/m1/s1. The number of aliphatic hydroxyl groups is 1. The number of rotatable bonds is 7. The molecule has 2 atom stereocenters. The van der Waals surface area contributed by atoms with Crippen molar-refractivity contribution in [2.75, 3.05) is 0 Å². The molecule has 2 aromatic carbocycles. The smallest absolute Gasteiger partial charge is 0.360 e. The molecule has 8 nitrogen and oxygen atoms in total. The summed E-state index contributed by atoms with van der Waals surface area (Å²) in [7, 11) is 0. The molecule has 0 saturated carbocycles. The van der Waals surface area contributed by atoms with Crippen molar-refractivity contribution < 1.29 is 39.2 Å². The fraction of sp³-hybridized carbons (Fsp3) is 0.200. The molecule has 0 unspecified atom stereocenters. The Morgan fingerprint density at radius 2 is 1.39 bits per heavy atom. The number of ether oxygens (including phenoxy) is 1. The van der Waals surface area contributed by atoms with Gasteiger partial charge in [-0.15, -0.1) is 0 Å². The molecule has 0 aliphatic rings. The first-order chi connectivity index (χ1) is 13.1. The average Bonchev–Trinajstić information content (AvgIpc) is 2.64. The van der Waals surface area contributed by atoms with E-state index >= 15 is 0 Å². The predicted molar refractivity (Wildman–Crippen MR) is 96.1 cm³/mol. The van der Waals surface area contributed by atoms with E-state index in [2.05, 4.69) is 0 Å². The highest BCUT2D eigenvalue weighted by Gasteiger charge is 2.59. The van der Waals surface area contributed by atoms with Gasteiger partial charge in [-0.2, -0.15) is 0 Å². The van der Waals surface area contributed by atoms with Gasteiger partial charge in [0.2, 0.25) is 11.9 Å². The van der Waals surface area contributed by atoms with Gasteiger partial charge in [-0.25, -0.2) is 14.4 Å². The lowest BCUT2D eigenvalue weighted by Crippen LogP contribution is -2.61. The topological polar surface area (TPSA) is 138 Å². The molecule has 2 aromatic rings. The summed E-state index contributed by atoms with van der Waals surface area (Å²) < 4.78 is 4.90. The van der Waals surface area contributed by atoms with E-state index in [-0.39, 0.29) is 11.1 Å². The first-order valence-corrected chi connectivity index (χ1v) is 8.15. The fourth-order valence-corrected chi connectivity index (χ4v) is 2.64. The summed E-state index contributed by atoms with van der Waals surface area (Å²) in [5.74, 6) is -6.75. The first kappa shape index (κ1) is 20.8. The van der Waals surface area contributed by atoms with Crippen LogP contribution in [0.1, 0.15) is 31.8 Å². The number of carboxylic acids is 2. The third kappa shape index (κ3) is 3.91. The minimum Gasteiger partial charge on any atom is -0.479 e. The van der Waals surface area contributed by atoms with Crippen molar-refractivity contribution >= 4 is 23.7 Å². The van der Waals surface area contributed by atoms with Crippen LogP contribution in [0, 0.1) is 13.8 Å². The number of ketones is 1. The largest absolute Gasteiger partial charge is 0.479 e. The minimum absolute atomic E-state index is 0.0970. The molecule has 0 spiro atoms. The molecule has 2 rings (SSSR count). The number of esters is 1. The Hall–Kier alpha value is -3.52. The van der Waals surface area contributed by atoms with Crippen LogP contribution in [-0.4, -0.2) is 50.7 Å². The lowest BCUT2D eigenvalue weighted by atomic mass is 9.86. The monoisotopic (exact) mass is 386 g/mol. The number of hydrogen-bond acceptors (Lipinski definition) is 6. The second-order valence-electron chi connectivity index (χ2n) is 6.24. The lowest BCUT2D eigenvalue weighted by Gasteiger charge is -2.30. The van der Waals surface area contributed by atoms with E-state index in [1.165, 1.54) is 36.4 Å². The zero-order chi connectivity index (χ0) is 21.1. The van der Waals surface area contributed by atoms with Crippen LogP contribution < -0.4 is 0 Å². The number of benzene rings is 2. The van der Waals surface area contributed by atoms with Crippen molar-refractivity contribution in [1.29, 1.82) is 0 Å². The number of aryl methyl sites for hydroxylation is 2. The van der Waals surface area contributed by atoms with Gasteiger partial charge in [0, 0.05) is 5.56 Å². The molecule has 0 aliphatic heterocycles. The van der Waals surface area contributed by atoms with Gasteiger partial charge in [0.1, 0.15) is 0 Å². The van der Waals surface area contributed by atoms with Crippen LogP contribution in [0.5, 0.6) is 0 Å². The molecule has 0 saturated heterocycles. The van der Waals surface area contributed by atoms with E-state index < -0.39 is 35.4 Å². The quantitative estimate of drug-likeness (QED) is 0.371. The van der Waals surface area contributed by atoms with Crippen LogP contribution in [-0.2, 0) is 14.3 Å². The number of carbonyl (C=O) groups is 4. The van der Waals surface area contributed by atoms with Crippen LogP contribution in [0.4, 0.5) is 0 Å². The van der Waals surface area contributed by atoms with Crippen molar-refractivity contribution in [2.24, 2.45) is 0 Å². The molecule has 0 aromatic heterocycles. The molecule has 0 radical (unpaired) electrons. The van der Waals surface area contributed by atoms with Gasteiger partial charge in [0.15, 0.2) is 0 Å². The van der Waals surface area contributed by atoms with Crippen LogP contribution >= 0.6 is 0 Å². The van der Waals surface area contributed by atoms with Crippen LogP contribution in [0.2, 0.25) is 0 Å². The van der Waals surface area contributed by atoms with Gasteiger partial charge in [0.25, 0.3) is 0 Å². The van der Waals surface area contributed by atoms with Crippen molar-refractivity contribution in [1.82, 2.24) is 0 Å². The third-order valence-electron chi connectivity index (χ3n) is 4.06. The summed E-state index contributed by atoms with van der Waals surface area (Å²) >= 11 is 0. The summed E-state index contributed by atoms with van der Waals surface area (Å²) in [5.41, 5.74) is -2.44. The van der Waals surface area contributed by atoms with E-state index in [9.17, 15) is 34.5 Å². The van der Waals surface area contributed by atoms with Gasteiger partial charge >= 0.3 is 23.5 Å². The number of Topliss-reactive ketones (excluding diaryl/α,β-unsaturated/α-hetero) is 1. The van der Waals surface area contributed by atoms with E-state index in [0.29, 0.717) is 11.1 Å². The van der Waals surface area contributed by atoms with E-state index in [1.54, 1.807) is 26.0 Å².